The minimum absolute atomic E-state index is 0.0341. The van der Waals surface area contributed by atoms with Crippen LogP contribution in [0.3, 0.4) is 0 Å². The second-order valence-electron chi connectivity index (χ2n) is 3.49. The van der Waals surface area contributed by atoms with Gasteiger partial charge in [-0.25, -0.2) is 22.9 Å². The third-order valence-corrected chi connectivity index (χ3v) is 3.87. The highest BCUT2D eigenvalue weighted by molar-refractivity contribution is 7.92. The first kappa shape index (κ1) is 13.4. The number of rotatable bonds is 4. The summed E-state index contributed by atoms with van der Waals surface area (Å²) in [5.41, 5.74) is -0.288. The number of H-pyrrole nitrogens is 1. The Bertz CT molecular complexity index is 712. The van der Waals surface area contributed by atoms with E-state index in [9.17, 15) is 13.2 Å². The molecule has 1 heterocycles. The number of carboxylic acid groups (broad SMARTS) is 1. The van der Waals surface area contributed by atoms with Gasteiger partial charge >= 0.3 is 5.97 Å². The van der Waals surface area contributed by atoms with Crippen molar-refractivity contribution in [3.8, 4) is 0 Å². The van der Waals surface area contributed by atoms with Crippen molar-refractivity contribution in [3.63, 3.8) is 0 Å². The van der Waals surface area contributed by atoms with Crippen LogP contribution in [0.1, 0.15) is 10.4 Å². The number of carboxylic acids is 1. The van der Waals surface area contributed by atoms with Gasteiger partial charge in [0.1, 0.15) is 0 Å². The quantitative estimate of drug-likeness (QED) is 0.793. The maximum atomic E-state index is 12.0. The molecule has 0 amide bonds. The Morgan fingerprint density at radius 3 is 2.74 bits per heavy atom. The number of aromatic amines is 1. The molecule has 7 nitrogen and oxygen atoms in total. The van der Waals surface area contributed by atoms with Gasteiger partial charge in [-0.15, -0.1) is 0 Å². The average Bonchev–Trinajstić information content (AvgIpc) is 2.80. The number of hydrogen-bond acceptors (Lipinski definition) is 4. The molecule has 0 fully saturated rings. The molecule has 0 aliphatic rings. The Morgan fingerprint density at radius 1 is 1.42 bits per heavy atom. The first-order valence-corrected chi connectivity index (χ1v) is 6.81. The Labute approximate surface area is 113 Å². The molecular formula is C10H8ClN3O4S. The van der Waals surface area contributed by atoms with Crippen LogP contribution in [0.4, 0.5) is 5.95 Å². The van der Waals surface area contributed by atoms with Crippen LogP contribution in [0.15, 0.2) is 35.5 Å². The van der Waals surface area contributed by atoms with Gasteiger partial charge in [0.15, 0.2) is 0 Å². The largest absolute Gasteiger partial charge is 0.478 e. The second-order valence-corrected chi connectivity index (χ2v) is 5.58. The van der Waals surface area contributed by atoms with Crippen LogP contribution >= 0.6 is 11.6 Å². The summed E-state index contributed by atoms with van der Waals surface area (Å²) in [5, 5.41) is 8.86. The number of anilines is 1. The first-order chi connectivity index (χ1) is 8.90. The number of aromatic carboxylic acids is 1. The number of sulfonamides is 1. The maximum Gasteiger partial charge on any atom is 0.337 e. The van der Waals surface area contributed by atoms with E-state index in [0.29, 0.717) is 0 Å². The minimum atomic E-state index is -3.92. The fourth-order valence-corrected chi connectivity index (χ4v) is 2.55. The third kappa shape index (κ3) is 2.85. The number of imidazole rings is 1. The molecule has 1 aromatic heterocycles. The molecule has 0 spiro atoms. The van der Waals surface area contributed by atoms with E-state index in [1.807, 2.05) is 0 Å². The molecular weight excluding hydrogens is 294 g/mol. The summed E-state index contributed by atoms with van der Waals surface area (Å²) in [6.45, 7) is 0. The van der Waals surface area contributed by atoms with Crippen molar-refractivity contribution < 1.29 is 18.3 Å². The number of nitrogens with zero attached hydrogens (tertiary/aromatic N) is 1. The molecule has 3 N–H and O–H groups in total. The van der Waals surface area contributed by atoms with E-state index in [-0.39, 0.29) is 21.4 Å². The van der Waals surface area contributed by atoms with Crippen LogP contribution in [0.5, 0.6) is 0 Å². The van der Waals surface area contributed by atoms with Crippen molar-refractivity contribution in [3.05, 3.63) is 41.2 Å². The van der Waals surface area contributed by atoms with Gasteiger partial charge in [0.2, 0.25) is 5.95 Å². The molecule has 1 aromatic carbocycles. The van der Waals surface area contributed by atoms with E-state index in [1.165, 1.54) is 24.5 Å². The predicted octanol–water partition coefficient (Wildman–Crippen LogP) is 1.56. The summed E-state index contributed by atoms with van der Waals surface area (Å²) >= 11 is 5.67. The number of benzene rings is 1. The van der Waals surface area contributed by atoms with E-state index in [4.69, 9.17) is 16.7 Å². The lowest BCUT2D eigenvalue weighted by Gasteiger charge is -2.07. The van der Waals surface area contributed by atoms with Crippen molar-refractivity contribution >= 4 is 33.5 Å². The monoisotopic (exact) mass is 301 g/mol. The van der Waals surface area contributed by atoms with Crippen LogP contribution in [-0.4, -0.2) is 29.5 Å². The van der Waals surface area contributed by atoms with Crippen molar-refractivity contribution in [2.24, 2.45) is 0 Å². The highest BCUT2D eigenvalue weighted by Crippen LogP contribution is 2.21. The molecule has 0 atom stereocenters. The second kappa shape index (κ2) is 4.90. The lowest BCUT2D eigenvalue weighted by atomic mass is 10.2. The molecule has 0 saturated heterocycles. The number of nitrogens with one attached hydrogen (secondary N) is 2. The van der Waals surface area contributed by atoms with E-state index >= 15 is 0 Å². The van der Waals surface area contributed by atoms with Gasteiger partial charge < -0.3 is 10.1 Å². The Kier molecular flexibility index (Phi) is 3.45. The molecule has 0 bridgehead atoms. The third-order valence-electron chi connectivity index (χ3n) is 2.21. The zero-order chi connectivity index (χ0) is 14.0. The lowest BCUT2D eigenvalue weighted by molar-refractivity contribution is 0.0697. The van der Waals surface area contributed by atoms with Gasteiger partial charge in [0.05, 0.1) is 15.5 Å². The highest BCUT2D eigenvalue weighted by Gasteiger charge is 2.19. The minimum Gasteiger partial charge on any atom is -0.478 e. The molecule has 19 heavy (non-hydrogen) atoms. The summed E-state index contributed by atoms with van der Waals surface area (Å²) in [6.07, 6.45) is 2.82. The molecule has 0 aliphatic heterocycles. The maximum absolute atomic E-state index is 12.0. The Hall–Kier alpha value is -2.06. The van der Waals surface area contributed by atoms with Gasteiger partial charge in [-0.05, 0) is 18.2 Å². The fraction of sp³-hybridized carbons (Fsp3) is 0. The number of hydrogen-bond donors (Lipinski definition) is 3. The topological polar surface area (TPSA) is 112 Å². The van der Waals surface area contributed by atoms with Gasteiger partial charge in [-0.1, -0.05) is 11.6 Å². The fourth-order valence-electron chi connectivity index (χ4n) is 1.34. The molecule has 2 aromatic rings. The molecule has 0 radical (unpaired) electrons. The van der Waals surface area contributed by atoms with Crippen LogP contribution in [0.2, 0.25) is 5.02 Å². The standard InChI is InChI=1S/C10H8ClN3O4S/c11-8-2-1-6(5-7(8)9(15)16)19(17,18)14-10-12-3-4-13-10/h1-5H,(H,15,16)(H2,12,13,14). The number of halogens is 1. The molecule has 0 aliphatic carbocycles. The SMILES string of the molecule is O=C(O)c1cc(S(=O)(=O)Nc2ncc[nH]2)ccc1Cl. The molecule has 0 unspecified atom stereocenters. The summed E-state index contributed by atoms with van der Waals surface area (Å²) in [4.78, 5) is 17.0. The van der Waals surface area contributed by atoms with E-state index < -0.39 is 16.0 Å². The van der Waals surface area contributed by atoms with Crippen LogP contribution in [0, 0.1) is 0 Å². The summed E-state index contributed by atoms with van der Waals surface area (Å²) < 4.78 is 26.1. The number of carbonyl (C=O) groups is 1. The van der Waals surface area contributed by atoms with Crippen LogP contribution < -0.4 is 4.72 Å². The molecule has 100 valence electrons. The van der Waals surface area contributed by atoms with E-state index in [2.05, 4.69) is 14.7 Å². The van der Waals surface area contributed by atoms with Crippen molar-refractivity contribution in [2.75, 3.05) is 4.72 Å². The van der Waals surface area contributed by atoms with Crippen molar-refractivity contribution in [1.29, 1.82) is 0 Å². The zero-order valence-corrected chi connectivity index (χ0v) is 10.9. The zero-order valence-electron chi connectivity index (χ0n) is 9.29. The smallest absolute Gasteiger partial charge is 0.337 e. The summed E-state index contributed by atoms with van der Waals surface area (Å²) in [5.74, 6) is -1.27. The van der Waals surface area contributed by atoms with E-state index in [0.717, 1.165) is 6.07 Å². The summed E-state index contributed by atoms with van der Waals surface area (Å²) in [7, 11) is -3.92. The van der Waals surface area contributed by atoms with Crippen molar-refractivity contribution in [2.45, 2.75) is 4.90 Å². The van der Waals surface area contributed by atoms with Gasteiger partial charge in [-0.3, -0.25) is 0 Å². The predicted molar refractivity (Wildman–Crippen MR) is 67.8 cm³/mol. The highest BCUT2D eigenvalue weighted by atomic mass is 35.5. The summed E-state index contributed by atoms with van der Waals surface area (Å²) in [6, 6.07) is 3.40. The van der Waals surface area contributed by atoms with Gasteiger partial charge in [0, 0.05) is 12.4 Å². The molecule has 0 saturated carbocycles. The Morgan fingerprint density at radius 2 is 2.16 bits per heavy atom. The normalized spacial score (nSPS) is 11.2. The van der Waals surface area contributed by atoms with E-state index in [1.54, 1.807) is 0 Å². The van der Waals surface area contributed by atoms with Gasteiger partial charge in [0.25, 0.3) is 10.0 Å². The van der Waals surface area contributed by atoms with Crippen LogP contribution in [0.25, 0.3) is 0 Å². The Balaban J connectivity index is 2.41. The van der Waals surface area contributed by atoms with Crippen molar-refractivity contribution in [1.82, 2.24) is 9.97 Å². The molecule has 9 heteroatoms. The lowest BCUT2D eigenvalue weighted by Crippen LogP contribution is -2.14. The molecule has 2 rings (SSSR count). The average molecular weight is 302 g/mol. The number of aromatic nitrogens is 2. The first-order valence-electron chi connectivity index (χ1n) is 4.95. The van der Waals surface area contributed by atoms with Gasteiger partial charge in [-0.2, -0.15) is 0 Å². The van der Waals surface area contributed by atoms with Crippen LogP contribution in [-0.2, 0) is 10.0 Å².